The van der Waals surface area contributed by atoms with Gasteiger partial charge in [0.2, 0.25) is 11.1 Å². The van der Waals surface area contributed by atoms with E-state index in [0.29, 0.717) is 22.3 Å². The van der Waals surface area contributed by atoms with Crippen LogP contribution in [0.15, 0.2) is 47.6 Å². The highest BCUT2D eigenvalue weighted by molar-refractivity contribution is 7.99. The summed E-state index contributed by atoms with van der Waals surface area (Å²) in [5.74, 6) is 1.21. The summed E-state index contributed by atoms with van der Waals surface area (Å²) in [6.45, 7) is 1.97. The number of para-hydroxylation sites is 2. The van der Waals surface area contributed by atoms with Crippen LogP contribution < -0.4 is 14.8 Å². The zero-order valence-electron chi connectivity index (χ0n) is 15.2. The van der Waals surface area contributed by atoms with Gasteiger partial charge in [-0.15, -0.1) is 5.10 Å². The van der Waals surface area contributed by atoms with Gasteiger partial charge in [0.15, 0.2) is 0 Å². The lowest BCUT2D eigenvalue weighted by Gasteiger charge is -2.11. The maximum atomic E-state index is 12.3. The van der Waals surface area contributed by atoms with Gasteiger partial charge in [0, 0.05) is 0 Å². The van der Waals surface area contributed by atoms with E-state index in [2.05, 4.69) is 20.8 Å². The Morgan fingerprint density at radius 3 is 2.70 bits per heavy atom. The van der Waals surface area contributed by atoms with Gasteiger partial charge < -0.3 is 14.8 Å². The Kier molecular flexibility index (Phi) is 5.92. The molecule has 0 saturated heterocycles. The van der Waals surface area contributed by atoms with E-state index in [-0.39, 0.29) is 11.7 Å². The smallest absolute Gasteiger partial charge is 0.234 e. The number of aromatic nitrogens is 4. The molecule has 0 spiro atoms. The Morgan fingerprint density at radius 1 is 1.15 bits per heavy atom. The number of benzene rings is 2. The number of tetrazole rings is 1. The van der Waals surface area contributed by atoms with Crippen LogP contribution >= 0.6 is 11.8 Å². The quantitative estimate of drug-likeness (QED) is 0.625. The van der Waals surface area contributed by atoms with Crippen LogP contribution in [0.2, 0.25) is 0 Å². The SMILES string of the molecule is COc1ccccc1NC(=O)CSc1nnnn1-c1cc(C)ccc1OC. The van der Waals surface area contributed by atoms with Crippen LogP contribution in [0, 0.1) is 6.92 Å². The van der Waals surface area contributed by atoms with E-state index in [1.807, 2.05) is 37.3 Å². The van der Waals surface area contributed by atoms with Crippen molar-refractivity contribution in [1.29, 1.82) is 0 Å². The summed E-state index contributed by atoms with van der Waals surface area (Å²) in [6.07, 6.45) is 0. The molecular weight excluding hydrogens is 366 g/mol. The number of hydrogen-bond donors (Lipinski definition) is 1. The summed E-state index contributed by atoms with van der Waals surface area (Å²) in [5.41, 5.74) is 2.38. The highest BCUT2D eigenvalue weighted by atomic mass is 32.2. The lowest BCUT2D eigenvalue weighted by atomic mass is 10.2. The molecule has 0 unspecified atom stereocenters. The Hall–Kier alpha value is -3.07. The maximum Gasteiger partial charge on any atom is 0.234 e. The summed E-state index contributed by atoms with van der Waals surface area (Å²) in [7, 11) is 3.15. The number of nitrogens with zero attached hydrogens (tertiary/aromatic N) is 4. The molecule has 9 heteroatoms. The molecule has 0 fully saturated rings. The van der Waals surface area contributed by atoms with Crippen LogP contribution in [-0.4, -0.2) is 46.1 Å². The molecule has 2 aromatic carbocycles. The summed E-state index contributed by atoms with van der Waals surface area (Å²) in [6, 6.07) is 13.0. The molecule has 27 heavy (non-hydrogen) atoms. The lowest BCUT2D eigenvalue weighted by Crippen LogP contribution is -2.15. The minimum Gasteiger partial charge on any atom is -0.495 e. The van der Waals surface area contributed by atoms with Gasteiger partial charge >= 0.3 is 0 Å². The molecule has 1 aromatic heterocycles. The first kappa shape index (κ1) is 18.7. The van der Waals surface area contributed by atoms with Crippen molar-refractivity contribution in [3.8, 4) is 17.2 Å². The van der Waals surface area contributed by atoms with Crippen LogP contribution in [0.4, 0.5) is 5.69 Å². The molecule has 0 saturated carbocycles. The van der Waals surface area contributed by atoms with E-state index in [1.165, 1.54) is 11.8 Å². The molecule has 1 heterocycles. The Bertz CT molecular complexity index is 944. The zero-order chi connectivity index (χ0) is 19.2. The summed E-state index contributed by atoms with van der Waals surface area (Å²) < 4.78 is 12.2. The molecule has 0 aliphatic carbocycles. The topological polar surface area (TPSA) is 91.2 Å². The Morgan fingerprint density at radius 2 is 1.93 bits per heavy atom. The molecule has 3 aromatic rings. The second kappa shape index (κ2) is 8.54. The number of thioether (sulfide) groups is 1. The molecule has 0 atom stereocenters. The molecule has 0 aliphatic rings. The third-order valence-electron chi connectivity index (χ3n) is 3.72. The number of nitrogens with one attached hydrogen (secondary N) is 1. The number of aryl methyl sites for hydroxylation is 1. The number of amides is 1. The first-order chi connectivity index (χ1) is 13.1. The minimum absolute atomic E-state index is 0.145. The monoisotopic (exact) mass is 385 g/mol. The predicted molar refractivity (Wildman–Crippen MR) is 103 cm³/mol. The van der Waals surface area contributed by atoms with E-state index < -0.39 is 0 Å². The van der Waals surface area contributed by atoms with E-state index >= 15 is 0 Å². The van der Waals surface area contributed by atoms with Crippen LogP contribution in [0.1, 0.15) is 5.56 Å². The largest absolute Gasteiger partial charge is 0.495 e. The van der Waals surface area contributed by atoms with Crippen molar-refractivity contribution in [3.63, 3.8) is 0 Å². The van der Waals surface area contributed by atoms with E-state index in [1.54, 1.807) is 31.0 Å². The third-order valence-corrected chi connectivity index (χ3v) is 4.64. The molecule has 1 amide bonds. The number of ether oxygens (including phenoxy) is 2. The van der Waals surface area contributed by atoms with Crippen molar-refractivity contribution in [2.75, 3.05) is 25.3 Å². The zero-order valence-corrected chi connectivity index (χ0v) is 16.0. The van der Waals surface area contributed by atoms with E-state index in [4.69, 9.17) is 9.47 Å². The highest BCUT2D eigenvalue weighted by Crippen LogP contribution is 2.27. The average Bonchev–Trinajstić information content (AvgIpc) is 3.15. The van der Waals surface area contributed by atoms with Crippen LogP contribution in [-0.2, 0) is 4.79 Å². The lowest BCUT2D eigenvalue weighted by molar-refractivity contribution is -0.113. The summed E-state index contributed by atoms with van der Waals surface area (Å²) >= 11 is 1.23. The van der Waals surface area contributed by atoms with Crippen LogP contribution in [0.25, 0.3) is 5.69 Å². The van der Waals surface area contributed by atoms with Crippen molar-refractivity contribution < 1.29 is 14.3 Å². The molecule has 0 aliphatic heterocycles. The van der Waals surface area contributed by atoms with Gasteiger partial charge in [0.25, 0.3) is 0 Å². The van der Waals surface area contributed by atoms with Crippen molar-refractivity contribution >= 4 is 23.4 Å². The first-order valence-electron chi connectivity index (χ1n) is 8.11. The standard InChI is InChI=1S/C18H19N5O3S/c1-12-8-9-16(26-3)14(10-12)23-18(20-21-22-23)27-11-17(24)19-13-6-4-5-7-15(13)25-2/h4-10H,11H2,1-3H3,(H,19,24). The highest BCUT2D eigenvalue weighted by Gasteiger charge is 2.15. The average molecular weight is 385 g/mol. The van der Waals surface area contributed by atoms with Gasteiger partial charge in [0.1, 0.15) is 17.2 Å². The molecule has 1 N–H and O–H groups in total. The maximum absolute atomic E-state index is 12.3. The second-order valence-corrected chi connectivity index (χ2v) is 6.53. The van der Waals surface area contributed by atoms with Crippen molar-refractivity contribution in [2.24, 2.45) is 0 Å². The van der Waals surface area contributed by atoms with Crippen molar-refractivity contribution in [3.05, 3.63) is 48.0 Å². The molecule has 140 valence electrons. The number of methoxy groups -OCH3 is 2. The van der Waals surface area contributed by atoms with Gasteiger partial charge in [0.05, 0.1) is 25.7 Å². The summed E-state index contributed by atoms with van der Waals surface area (Å²) in [5, 5.41) is 15.1. The minimum atomic E-state index is -0.185. The normalized spacial score (nSPS) is 10.5. The third kappa shape index (κ3) is 4.37. The van der Waals surface area contributed by atoms with Gasteiger partial charge in [-0.1, -0.05) is 30.0 Å². The van der Waals surface area contributed by atoms with E-state index in [0.717, 1.165) is 11.3 Å². The molecular formula is C18H19N5O3S. The Labute approximate surface area is 160 Å². The first-order valence-corrected chi connectivity index (χ1v) is 9.10. The van der Waals surface area contributed by atoms with Crippen molar-refractivity contribution in [1.82, 2.24) is 20.2 Å². The number of rotatable bonds is 7. The Balaban J connectivity index is 1.72. The van der Waals surface area contributed by atoms with Gasteiger partial charge in [-0.3, -0.25) is 4.79 Å². The number of anilines is 1. The predicted octanol–water partition coefficient (Wildman–Crippen LogP) is 2.72. The van der Waals surface area contributed by atoms with Gasteiger partial charge in [-0.25, -0.2) is 0 Å². The van der Waals surface area contributed by atoms with Crippen molar-refractivity contribution in [2.45, 2.75) is 12.1 Å². The molecule has 0 bridgehead atoms. The number of carbonyl (C=O) groups excluding carboxylic acids is 1. The fourth-order valence-electron chi connectivity index (χ4n) is 2.45. The van der Waals surface area contributed by atoms with Crippen LogP contribution in [0.3, 0.4) is 0 Å². The number of hydrogen-bond acceptors (Lipinski definition) is 7. The molecule has 8 nitrogen and oxygen atoms in total. The fraction of sp³-hybridized carbons (Fsp3) is 0.222. The van der Waals surface area contributed by atoms with Gasteiger partial charge in [-0.2, -0.15) is 4.68 Å². The van der Waals surface area contributed by atoms with E-state index in [9.17, 15) is 4.79 Å². The molecule has 3 rings (SSSR count). The summed E-state index contributed by atoms with van der Waals surface area (Å²) in [4.78, 5) is 12.3. The fourth-order valence-corrected chi connectivity index (χ4v) is 3.13. The van der Waals surface area contributed by atoms with Crippen LogP contribution in [0.5, 0.6) is 11.5 Å². The van der Waals surface area contributed by atoms with Gasteiger partial charge in [-0.05, 0) is 47.2 Å². The molecule has 0 radical (unpaired) electrons. The second-order valence-electron chi connectivity index (χ2n) is 5.59. The number of carbonyl (C=O) groups is 1.